The molecule has 1 rings (SSSR count). The lowest BCUT2D eigenvalue weighted by molar-refractivity contribution is 0.0438. The topological polar surface area (TPSA) is 0 Å². The SMILES string of the molecule is FC1=C(F)C(F)(Cl)C(F)=C(Cl)C1(F)F. The first-order valence-electron chi connectivity index (χ1n) is 3.01. The Bertz CT molecular complexity index is 280. The molecule has 0 spiro atoms. The molecule has 0 heterocycles. The molecule has 1 unspecified atom stereocenters. The highest BCUT2D eigenvalue weighted by molar-refractivity contribution is 6.34. The quantitative estimate of drug-likeness (QED) is 0.452. The van der Waals surface area contributed by atoms with Gasteiger partial charge in [-0.2, -0.15) is 8.78 Å². The summed E-state index contributed by atoms with van der Waals surface area (Å²) in [5, 5.41) is -6.20. The Labute approximate surface area is 83.8 Å². The normalized spacial score (nSPS) is 32.6. The minimum Gasteiger partial charge on any atom is -0.210 e. The molecular formula is C6Cl2F6. The van der Waals surface area contributed by atoms with Gasteiger partial charge >= 0.3 is 5.92 Å². The van der Waals surface area contributed by atoms with E-state index in [1.807, 2.05) is 0 Å². The third-order valence-electron chi connectivity index (χ3n) is 1.49. The molecule has 0 saturated carbocycles. The Morgan fingerprint density at radius 3 is 1.71 bits per heavy atom. The third-order valence-corrected chi connectivity index (χ3v) is 2.22. The van der Waals surface area contributed by atoms with Crippen molar-refractivity contribution in [1.82, 2.24) is 0 Å². The predicted molar refractivity (Wildman–Crippen MR) is 37.9 cm³/mol. The van der Waals surface area contributed by atoms with Crippen molar-refractivity contribution in [2.45, 2.75) is 11.1 Å². The summed E-state index contributed by atoms with van der Waals surface area (Å²) < 4.78 is 75.2. The van der Waals surface area contributed by atoms with Gasteiger partial charge in [-0.25, -0.2) is 17.6 Å². The van der Waals surface area contributed by atoms with Gasteiger partial charge in [-0.15, -0.1) is 0 Å². The lowest BCUT2D eigenvalue weighted by atomic mass is 10.1. The summed E-state index contributed by atoms with van der Waals surface area (Å²) >= 11 is 9.09. The maximum atomic E-state index is 12.7. The van der Waals surface area contributed by atoms with Crippen molar-refractivity contribution in [2.75, 3.05) is 0 Å². The van der Waals surface area contributed by atoms with Gasteiger partial charge in [0.25, 0.3) is 5.13 Å². The molecular weight excluding hydrogens is 257 g/mol. The Morgan fingerprint density at radius 2 is 1.29 bits per heavy atom. The van der Waals surface area contributed by atoms with Crippen molar-refractivity contribution >= 4 is 23.2 Å². The van der Waals surface area contributed by atoms with Crippen LogP contribution in [-0.2, 0) is 0 Å². The molecule has 0 nitrogen and oxygen atoms in total. The summed E-state index contributed by atoms with van der Waals surface area (Å²) in [6.07, 6.45) is 0. The second-order valence-corrected chi connectivity index (χ2v) is 3.30. The smallest absolute Gasteiger partial charge is 0.210 e. The summed E-state index contributed by atoms with van der Waals surface area (Å²) in [5.41, 5.74) is 0. The molecule has 0 aliphatic heterocycles. The first-order valence-corrected chi connectivity index (χ1v) is 3.77. The molecule has 0 bridgehead atoms. The standard InChI is InChI=1S/C6Cl2F6/c7-1-2(9)5(8,12)3(10)4(11)6(1,13)14. The summed E-state index contributed by atoms with van der Waals surface area (Å²) in [6, 6.07) is 0. The van der Waals surface area contributed by atoms with Crippen LogP contribution in [0.3, 0.4) is 0 Å². The van der Waals surface area contributed by atoms with Gasteiger partial charge in [0.05, 0.1) is 0 Å². The first kappa shape index (κ1) is 11.7. The summed E-state index contributed by atoms with van der Waals surface area (Å²) in [7, 11) is 0. The molecule has 0 radical (unpaired) electrons. The zero-order valence-corrected chi connectivity index (χ0v) is 7.54. The maximum Gasteiger partial charge on any atom is 0.339 e. The third kappa shape index (κ3) is 1.32. The monoisotopic (exact) mass is 256 g/mol. The van der Waals surface area contributed by atoms with E-state index in [1.54, 1.807) is 0 Å². The van der Waals surface area contributed by atoms with Gasteiger partial charge < -0.3 is 0 Å². The number of alkyl halides is 4. The van der Waals surface area contributed by atoms with Crippen LogP contribution in [0.2, 0.25) is 0 Å². The molecule has 0 amide bonds. The van der Waals surface area contributed by atoms with Crippen molar-refractivity contribution < 1.29 is 26.3 Å². The second-order valence-electron chi connectivity index (χ2n) is 2.40. The highest BCUT2D eigenvalue weighted by Crippen LogP contribution is 2.52. The predicted octanol–water partition coefficient (Wildman–Crippen LogP) is 4.11. The minimum absolute atomic E-state index is 2.10. The lowest BCUT2D eigenvalue weighted by Crippen LogP contribution is -2.33. The Balaban J connectivity index is 3.46. The van der Waals surface area contributed by atoms with Crippen molar-refractivity contribution in [1.29, 1.82) is 0 Å². The number of hydrogen-bond acceptors (Lipinski definition) is 0. The van der Waals surface area contributed by atoms with Gasteiger partial charge in [0.2, 0.25) is 5.83 Å². The van der Waals surface area contributed by atoms with E-state index in [2.05, 4.69) is 23.2 Å². The average Bonchev–Trinajstić information content (AvgIpc) is 2.11. The van der Waals surface area contributed by atoms with E-state index < -0.39 is 33.6 Å². The average molecular weight is 257 g/mol. The van der Waals surface area contributed by atoms with Gasteiger partial charge in [-0.05, 0) is 0 Å². The number of hydrogen-bond donors (Lipinski definition) is 0. The summed E-state index contributed by atoms with van der Waals surface area (Å²) in [4.78, 5) is 0. The molecule has 8 heteroatoms. The highest BCUT2D eigenvalue weighted by Gasteiger charge is 2.58. The number of rotatable bonds is 0. The van der Waals surface area contributed by atoms with Gasteiger partial charge in [-0.3, -0.25) is 0 Å². The van der Waals surface area contributed by atoms with Gasteiger partial charge in [0, 0.05) is 0 Å². The zero-order valence-electron chi connectivity index (χ0n) is 6.02. The number of allylic oxidation sites excluding steroid dienone is 4. The van der Waals surface area contributed by atoms with Crippen LogP contribution in [0.1, 0.15) is 0 Å². The molecule has 1 aliphatic carbocycles. The fourth-order valence-electron chi connectivity index (χ4n) is 0.744. The van der Waals surface area contributed by atoms with Crippen LogP contribution in [-0.4, -0.2) is 11.1 Å². The molecule has 1 aliphatic rings. The molecule has 0 aromatic heterocycles. The minimum atomic E-state index is -4.72. The van der Waals surface area contributed by atoms with Crippen LogP contribution in [0.25, 0.3) is 0 Å². The van der Waals surface area contributed by atoms with E-state index >= 15 is 0 Å². The van der Waals surface area contributed by atoms with Crippen LogP contribution in [0.5, 0.6) is 0 Å². The second kappa shape index (κ2) is 3.06. The van der Waals surface area contributed by atoms with Gasteiger partial charge in [0.15, 0.2) is 11.7 Å². The molecule has 0 saturated heterocycles. The molecule has 1 atom stereocenters. The van der Waals surface area contributed by atoms with Crippen LogP contribution >= 0.6 is 23.2 Å². The molecule has 80 valence electrons. The lowest BCUT2D eigenvalue weighted by Gasteiger charge is -2.25. The van der Waals surface area contributed by atoms with E-state index in [0.717, 1.165) is 0 Å². The van der Waals surface area contributed by atoms with Gasteiger partial charge in [0.1, 0.15) is 5.03 Å². The molecule has 0 fully saturated rings. The van der Waals surface area contributed by atoms with Crippen molar-refractivity contribution in [2.24, 2.45) is 0 Å². The van der Waals surface area contributed by atoms with Crippen LogP contribution in [0, 0.1) is 0 Å². The van der Waals surface area contributed by atoms with Crippen molar-refractivity contribution in [3.8, 4) is 0 Å². The summed E-state index contributed by atoms with van der Waals surface area (Å²) in [5.74, 6) is -12.7. The molecule has 0 aromatic carbocycles. The largest absolute Gasteiger partial charge is 0.339 e. The van der Waals surface area contributed by atoms with E-state index in [1.165, 1.54) is 0 Å². The van der Waals surface area contributed by atoms with Crippen LogP contribution in [0.15, 0.2) is 22.5 Å². The Hall–Kier alpha value is -0.360. The molecule has 14 heavy (non-hydrogen) atoms. The van der Waals surface area contributed by atoms with E-state index in [0.29, 0.717) is 0 Å². The Morgan fingerprint density at radius 1 is 0.857 bits per heavy atom. The molecule has 0 N–H and O–H groups in total. The van der Waals surface area contributed by atoms with Crippen molar-refractivity contribution in [3.05, 3.63) is 22.5 Å². The van der Waals surface area contributed by atoms with Gasteiger partial charge in [-0.1, -0.05) is 23.2 Å². The van der Waals surface area contributed by atoms with Crippen LogP contribution in [0.4, 0.5) is 26.3 Å². The zero-order chi connectivity index (χ0) is 11.3. The van der Waals surface area contributed by atoms with E-state index in [4.69, 9.17) is 0 Å². The van der Waals surface area contributed by atoms with Crippen molar-refractivity contribution in [3.63, 3.8) is 0 Å². The van der Waals surface area contributed by atoms with Crippen LogP contribution < -0.4 is 0 Å². The fourth-order valence-corrected chi connectivity index (χ4v) is 1.18. The molecule has 0 aromatic rings. The maximum absolute atomic E-state index is 12.7. The number of halogens is 8. The first-order chi connectivity index (χ1) is 6.13. The fraction of sp³-hybridized carbons (Fsp3) is 0.333. The summed E-state index contributed by atoms with van der Waals surface area (Å²) in [6.45, 7) is 0. The highest BCUT2D eigenvalue weighted by atomic mass is 35.5. The van der Waals surface area contributed by atoms with E-state index in [-0.39, 0.29) is 0 Å². The van der Waals surface area contributed by atoms with E-state index in [9.17, 15) is 26.3 Å². The Kier molecular flexibility index (Phi) is 2.56.